The Hall–Kier alpha value is -3.14. The molecule has 31 heavy (non-hydrogen) atoms. The van der Waals surface area contributed by atoms with E-state index in [4.69, 9.17) is 0 Å². The van der Waals surface area contributed by atoms with Crippen LogP contribution in [0.3, 0.4) is 0 Å². The van der Waals surface area contributed by atoms with Gasteiger partial charge in [0.05, 0.1) is 6.54 Å². The number of nitrogens with zero attached hydrogens (tertiary/aromatic N) is 2. The van der Waals surface area contributed by atoms with Crippen LogP contribution < -0.4 is 0 Å². The molecule has 4 rings (SSSR count). The van der Waals surface area contributed by atoms with E-state index in [0.29, 0.717) is 13.1 Å². The number of amides is 1. The molecule has 1 heterocycles. The highest BCUT2D eigenvalue weighted by Crippen LogP contribution is 2.25. The van der Waals surface area contributed by atoms with Gasteiger partial charge in [-0.25, -0.2) is 4.39 Å². The van der Waals surface area contributed by atoms with E-state index in [0.717, 1.165) is 29.7 Å². The standard InChI is InChI=1S/C27H29FN2O/c28-24-16-13-23(14-17-24)20-29-19-7-12-26(29)21-30(25-10-5-2-6-11-25)27(31)18-15-22-8-3-1-4-9-22/h1,3-4,7-9,12-19,25H,2,5-6,10-11,20-21H2/b18-15+. The number of carbonyl (C=O) groups is 1. The minimum absolute atomic E-state index is 0.0604. The summed E-state index contributed by atoms with van der Waals surface area (Å²) >= 11 is 0. The Labute approximate surface area is 183 Å². The van der Waals surface area contributed by atoms with Gasteiger partial charge in [-0.3, -0.25) is 4.79 Å². The molecule has 0 unspecified atom stereocenters. The summed E-state index contributed by atoms with van der Waals surface area (Å²) in [5.74, 6) is -0.166. The number of rotatable bonds is 7. The van der Waals surface area contributed by atoms with E-state index in [1.54, 1.807) is 6.08 Å². The number of halogens is 1. The van der Waals surface area contributed by atoms with Gasteiger partial charge in [-0.1, -0.05) is 61.7 Å². The fraction of sp³-hybridized carbons (Fsp3) is 0.296. The lowest BCUT2D eigenvalue weighted by Gasteiger charge is -2.34. The summed E-state index contributed by atoms with van der Waals surface area (Å²) in [7, 11) is 0. The SMILES string of the molecule is O=C(/C=C/c1ccccc1)N(Cc1cccn1Cc1ccc(F)cc1)C1CCCCC1. The van der Waals surface area contributed by atoms with Gasteiger partial charge in [0.25, 0.3) is 0 Å². The van der Waals surface area contributed by atoms with Gasteiger partial charge in [0.1, 0.15) is 5.82 Å². The third kappa shape index (κ3) is 5.72. The van der Waals surface area contributed by atoms with Gasteiger partial charge in [-0.2, -0.15) is 0 Å². The molecule has 1 aliphatic carbocycles. The van der Waals surface area contributed by atoms with Crippen LogP contribution >= 0.6 is 0 Å². The van der Waals surface area contributed by atoms with Crippen molar-refractivity contribution in [1.29, 1.82) is 0 Å². The summed E-state index contributed by atoms with van der Waals surface area (Å²) in [4.78, 5) is 15.3. The van der Waals surface area contributed by atoms with Crippen LogP contribution in [0.5, 0.6) is 0 Å². The van der Waals surface area contributed by atoms with E-state index >= 15 is 0 Å². The molecule has 0 saturated heterocycles. The zero-order valence-electron chi connectivity index (χ0n) is 17.8. The molecule has 4 heteroatoms. The monoisotopic (exact) mass is 416 g/mol. The Morgan fingerprint density at radius 2 is 1.71 bits per heavy atom. The zero-order chi connectivity index (χ0) is 21.5. The lowest BCUT2D eigenvalue weighted by atomic mass is 9.94. The second-order valence-electron chi connectivity index (χ2n) is 8.26. The Morgan fingerprint density at radius 1 is 0.968 bits per heavy atom. The second kappa shape index (κ2) is 10.3. The lowest BCUT2D eigenvalue weighted by molar-refractivity contribution is -0.129. The van der Waals surface area contributed by atoms with Gasteiger partial charge in [0, 0.05) is 30.6 Å². The summed E-state index contributed by atoms with van der Waals surface area (Å²) in [6.45, 7) is 1.24. The van der Waals surface area contributed by atoms with Crippen molar-refractivity contribution in [3.63, 3.8) is 0 Å². The Kier molecular flexibility index (Phi) is 6.98. The number of aromatic nitrogens is 1. The second-order valence-corrected chi connectivity index (χ2v) is 8.26. The van der Waals surface area contributed by atoms with Gasteiger partial charge < -0.3 is 9.47 Å². The van der Waals surface area contributed by atoms with Crippen LogP contribution in [-0.4, -0.2) is 21.4 Å². The fourth-order valence-electron chi connectivity index (χ4n) is 4.32. The Balaban J connectivity index is 1.52. The van der Waals surface area contributed by atoms with Crippen molar-refractivity contribution in [2.75, 3.05) is 0 Å². The van der Waals surface area contributed by atoms with E-state index in [1.165, 1.54) is 31.4 Å². The molecule has 0 bridgehead atoms. The third-order valence-corrected chi connectivity index (χ3v) is 6.04. The van der Waals surface area contributed by atoms with Crippen LogP contribution in [0.1, 0.15) is 48.9 Å². The quantitative estimate of drug-likeness (QED) is 0.430. The van der Waals surface area contributed by atoms with Gasteiger partial charge in [0.2, 0.25) is 5.91 Å². The first kappa shape index (κ1) is 21.1. The van der Waals surface area contributed by atoms with Crippen LogP contribution in [0.15, 0.2) is 79.0 Å². The highest BCUT2D eigenvalue weighted by Gasteiger charge is 2.25. The molecule has 0 atom stereocenters. The van der Waals surface area contributed by atoms with Crippen LogP contribution in [0.25, 0.3) is 6.08 Å². The highest BCUT2D eigenvalue weighted by atomic mass is 19.1. The Bertz CT molecular complexity index is 1000. The van der Waals surface area contributed by atoms with Gasteiger partial charge in [0.15, 0.2) is 0 Å². The van der Waals surface area contributed by atoms with Crippen molar-refractivity contribution < 1.29 is 9.18 Å². The fourth-order valence-corrected chi connectivity index (χ4v) is 4.32. The average Bonchev–Trinajstić information content (AvgIpc) is 3.25. The van der Waals surface area contributed by atoms with E-state index in [-0.39, 0.29) is 17.8 Å². The van der Waals surface area contributed by atoms with Gasteiger partial charge in [-0.15, -0.1) is 0 Å². The number of carbonyl (C=O) groups excluding carboxylic acids is 1. The molecule has 1 amide bonds. The molecular formula is C27H29FN2O. The number of benzene rings is 2. The van der Waals surface area contributed by atoms with Crippen molar-refractivity contribution >= 4 is 12.0 Å². The Morgan fingerprint density at radius 3 is 2.45 bits per heavy atom. The smallest absolute Gasteiger partial charge is 0.247 e. The van der Waals surface area contributed by atoms with Crippen molar-refractivity contribution in [3.05, 3.63) is 102 Å². The number of hydrogen-bond acceptors (Lipinski definition) is 1. The van der Waals surface area contributed by atoms with Crippen molar-refractivity contribution in [3.8, 4) is 0 Å². The number of hydrogen-bond donors (Lipinski definition) is 0. The normalized spacial score (nSPS) is 14.7. The first-order valence-electron chi connectivity index (χ1n) is 11.1. The predicted octanol–water partition coefficient (Wildman–Crippen LogP) is 6.05. The lowest BCUT2D eigenvalue weighted by Crippen LogP contribution is -2.40. The minimum Gasteiger partial charge on any atom is -0.345 e. The third-order valence-electron chi connectivity index (χ3n) is 6.04. The molecule has 0 aliphatic heterocycles. The zero-order valence-corrected chi connectivity index (χ0v) is 17.8. The molecule has 3 nitrogen and oxygen atoms in total. The summed E-state index contributed by atoms with van der Waals surface area (Å²) in [6, 6.07) is 20.9. The van der Waals surface area contributed by atoms with E-state index in [2.05, 4.69) is 10.6 Å². The van der Waals surface area contributed by atoms with Gasteiger partial charge >= 0.3 is 0 Å². The molecule has 1 aliphatic rings. The van der Waals surface area contributed by atoms with E-state index in [9.17, 15) is 9.18 Å². The van der Waals surface area contributed by atoms with Crippen molar-refractivity contribution in [2.24, 2.45) is 0 Å². The summed E-state index contributed by atoms with van der Waals surface area (Å²) in [5, 5.41) is 0. The van der Waals surface area contributed by atoms with Crippen LogP contribution in [0.2, 0.25) is 0 Å². The molecule has 1 fully saturated rings. The maximum Gasteiger partial charge on any atom is 0.247 e. The van der Waals surface area contributed by atoms with E-state index < -0.39 is 0 Å². The molecule has 0 radical (unpaired) electrons. The molecular weight excluding hydrogens is 387 g/mol. The maximum atomic E-state index is 13.2. The van der Waals surface area contributed by atoms with E-state index in [1.807, 2.05) is 65.7 Å². The maximum absolute atomic E-state index is 13.2. The molecule has 2 aromatic carbocycles. The molecule has 1 aromatic heterocycles. The first-order chi connectivity index (χ1) is 15.2. The molecule has 160 valence electrons. The molecule has 3 aromatic rings. The van der Waals surface area contributed by atoms with Gasteiger partial charge in [-0.05, 0) is 54.3 Å². The van der Waals surface area contributed by atoms with Crippen LogP contribution in [-0.2, 0) is 17.9 Å². The van der Waals surface area contributed by atoms with Crippen molar-refractivity contribution in [1.82, 2.24) is 9.47 Å². The van der Waals surface area contributed by atoms with Crippen LogP contribution in [0.4, 0.5) is 4.39 Å². The molecule has 1 saturated carbocycles. The molecule has 0 spiro atoms. The molecule has 0 N–H and O–H groups in total. The largest absolute Gasteiger partial charge is 0.345 e. The highest BCUT2D eigenvalue weighted by molar-refractivity contribution is 5.92. The minimum atomic E-state index is -0.226. The first-order valence-corrected chi connectivity index (χ1v) is 11.1. The van der Waals surface area contributed by atoms with Crippen LogP contribution in [0, 0.1) is 5.82 Å². The topological polar surface area (TPSA) is 25.2 Å². The summed E-state index contributed by atoms with van der Waals surface area (Å²) < 4.78 is 15.4. The summed E-state index contributed by atoms with van der Waals surface area (Å²) in [5.41, 5.74) is 3.16. The van der Waals surface area contributed by atoms with Crippen molar-refractivity contribution in [2.45, 2.75) is 51.2 Å². The predicted molar refractivity (Wildman–Crippen MR) is 123 cm³/mol. The average molecular weight is 417 g/mol. The summed E-state index contributed by atoms with van der Waals surface area (Å²) in [6.07, 6.45) is 11.3.